The molecule has 4 nitrogen and oxygen atoms in total. The third-order valence-corrected chi connectivity index (χ3v) is 2.73. The van der Waals surface area contributed by atoms with E-state index in [1.165, 1.54) is 0 Å². The van der Waals surface area contributed by atoms with E-state index in [1.807, 2.05) is 29.9 Å². The number of nitrogens with zero attached hydrogens (tertiary/aromatic N) is 3. The van der Waals surface area contributed by atoms with Gasteiger partial charge in [-0.25, -0.2) is 9.97 Å². The first-order chi connectivity index (χ1) is 7.27. The third-order valence-electron chi connectivity index (χ3n) is 2.09. The Hall–Kier alpha value is -1.36. The summed E-state index contributed by atoms with van der Waals surface area (Å²) in [6.07, 6.45) is 5.46. The van der Waals surface area contributed by atoms with E-state index in [2.05, 4.69) is 31.2 Å². The van der Waals surface area contributed by atoms with Crippen LogP contribution in [0.5, 0.6) is 0 Å². The smallest absolute Gasteiger partial charge is 0.140 e. The van der Waals surface area contributed by atoms with Crippen LogP contribution in [-0.4, -0.2) is 14.5 Å². The van der Waals surface area contributed by atoms with Gasteiger partial charge in [0, 0.05) is 25.6 Å². The van der Waals surface area contributed by atoms with Gasteiger partial charge in [-0.15, -0.1) is 0 Å². The minimum absolute atomic E-state index is 0.666. The van der Waals surface area contributed by atoms with Gasteiger partial charge in [0.15, 0.2) is 0 Å². The van der Waals surface area contributed by atoms with E-state index >= 15 is 0 Å². The summed E-state index contributed by atoms with van der Waals surface area (Å²) in [5, 5.41) is 3.21. The average Bonchev–Trinajstić information content (AvgIpc) is 2.63. The zero-order chi connectivity index (χ0) is 10.7. The minimum Gasteiger partial charge on any atom is -0.362 e. The molecule has 78 valence electrons. The maximum atomic E-state index is 4.22. The summed E-state index contributed by atoms with van der Waals surface area (Å²) in [5.74, 6) is 1.81. The minimum atomic E-state index is 0.666. The lowest BCUT2D eigenvalue weighted by molar-refractivity contribution is 0.810. The van der Waals surface area contributed by atoms with Crippen molar-refractivity contribution in [3.63, 3.8) is 0 Å². The predicted octanol–water partition coefficient (Wildman–Crippen LogP) is 2.19. The monoisotopic (exact) mass is 266 g/mol. The maximum absolute atomic E-state index is 4.22. The highest BCUT2D eigenvalue weighted by Gasteiger charge is 2.01. The molecule has 0 amide bonds. The second-order valence-corrected chi connectivity index (χ2v) is 4.00. The number of aryl methyl sites for hydroxylation is 1. The van der Waals surface area contributed by atoms with Gasteiger partial charge in [0.25, 0.3) is 0 Å². The molecule has 1 N–H and O–H groups in total. The predicted molar refractivity (Wildman–Crippen MR) is 62.5 cm³/mol. The summed E-state index contributed by atoms with van der Waals surface area (Å²) < 4.78 is 2.93. The lowest BCUT2D eigenvalue weighted by atomic mass is 10.4. The lowest BCUT2D eigenvalue weighted by Gasteiger charge is -2.06. The number of imidazole rings is 1. The van der Waals surface area contributed by atoms with E-state index in [0.717, 1.165) is 16.1 Å². The van der Waals surface area contributed by atoms with Gasteiger partial charge in [0.05, 0.1) is 11.0 Å². The van der Waals surface area contributed by atoms with Crippen LogP contribution in [0.15, 0.2) is 35.2 Å². The largest absolute Gasteiger partial charge is 0.362 e. The van der Waals surface area contributed by atoms with Crippen molar-refractivity contribution >= 4 is 21.7 Å². The summed E-state index contributed by atoms with van der Waals surface area (Å²) in [6.45, 7) is 0.666. The molecule has 5 heteroatoms. The number of hydrogen-bond donors (Lipinski definition) is 1. The Labute approximate surface area is 96.5 Å². The lowest BCUT2D eigenvalue weighted by Crippen LogP contribution is -2.06. The summed E-state index contributed by atoms with van der Waals surface area (Å²) >= 11 is 3.43. The fraction of sp³-hybridized carbons (Fsp3) is 0.200. The molecule has 0 radical (unpaired) electrons. The van der Waals surface area contributed by atoms with Gasteiger partial charge in [0.2, 0.25) is 0 Å². The van der Waals surface area contributed by atoms with Crippen LogP contribution in [0, 0.1) is 0 Å². The molecule has 2 aromatic rings. The highest BCUT2D eigenvalue weighted by molar-refractivity contribution is 9.10. The van der Waals surface area contributed by atoms with Crippen LogP contribution in [0.3, 0.4) is 0 Å². The van der Waals surface area contributed by atoms with Gasteiger partial charge < -0.3 is 9.88 Å². The SMILES string of the molecule is Cn1ccnc1CNc1ncccc1Br. The zero-order valence-corrected chi connectivity index (χ0v) is 9.90. The van der Waals surface area contributed by atoms with Crippen LogP contribution in [0.25, 0.3) is 0 Å². The van der Waals surface area contributed by atoms with Crippen molar-refractivity contribution in [3.05, 3.63) is 41.0 Å². The van der Waals surface area contributed by atoms with Crippen LogP contribution < -0.4 is 5.32 Å². The molecule has 2 aromatic heterocycles. The van der Waals surface area contributed by atoms with Gasteiger partial charge in [-0.05, 0) is 28.1 Å². The standard InChI is InChI=1S/C10H11BrN4/c1-15-6-5-12-9(15)7-14-10-8(11)3-2-4-13-10/h2-6H,7H2,1H3,(H,13,14). The second-order valence-electron chi connectivity index (χ2n) is 3.14. The summed E-state index contributed by atoms with van der Waals surface area (Å²) in [4.78, 5) is 8.43. The van der Waals surface area contributed by atoms with Crippen molar-refractivity contribution in [1.29, 1.82) is 0 Å². The van der Waals surface area contributed by atoms with Gasteiger partial charge in [-0.1, -0.05) is 0 Å². The Balaban J connectivity index is 2.06. The molecule has 0 atom stereocenters. The van der Waals surface area contributed by atoms with Crippen molar-refractivity contribution in [1.82, 2.24) is 14.5 Å². The van der Waals surface area contributed by atoms with Gasteiger partial charge in [-0.3, -0.25) is 0 Å². The molecule has 0 bridgehead atoms. The first kappa shape index (κ1) is 10.2. The summed E-state index contributed by atoms with van der Waals surface area (Å²) in [7, 11) is 1.97. The fourth-order valence-corrected chi connectivity index (χ4v) is 1.64. The van der Waals surface area contributed by atoms with Crippen molar-refractivity contribution in [2.75, 3.05) is 5.32 Å². The molecule has 15 heavy (non-hydrogen) atoms. The van der Waals surface area contributed by atoms with Crippen molar-refractivity contribution in [2.45, 2.75) is 6.54 Å². The molecule has 0 fully saturated rings. The van der Waals surface area contributed by atoms with Crippen LogP contribution in [0.1, 0.15) is 5.82 Å². The number of aromatic nitrogens is 3. The summed E-state index contributed by atoms with van der Waals surface area (Å²) in [6, 6.07) is 3.84. The Morgan fingerprint density at radius 3 is 2.93 bits per heavy atom. The van der Waals surface area contributed by atoms with Gasteiger partial charge >= 0.3 is 0 Å². The number of anilines is 1. The molecule has 2 heterocycles. The number of nitrogens with one attached hydrogen (secondary N) is 1. The van der Waals surface area contributed by atoms with E-state index in [4.69, 9.17) is 0 Å². The van der Waals surface area contributed by atoms with E-state index in [-0.39, 0.29) is 0 Å². The molecule has 0 aliphatic carbocycles. The van der Waals surface area contributed by atoms with Crippen molar-refractivity contribution in [2.24, 2.45) is 7.05 Å². The van der Waals surface area contributed by atoms with E-state index in [9.17, 15) is 0 Å². The van der Waals surface area contributed by atoms with Crippen molar-refractivity contribution in [3.8, 4) is 0 Å². The Morgan fingerprint density at radius 1 is 1.40 bits per heavy atom. The van der Waals surface area contributed by atoms with E-state index in [1.54, 1.807) is 12.4 Å². The molecular formula is C10H11BrN4. The van der Waals surface area contributed by atoms with Crippen LogP contribution in [0.2, 0.25) is 0 Å². The normalized spacial score (nSPS) is 10.3. The molecule has 0 aliphatic rings. The summed E-state index contributed by atoms with van der Waals surface area (Å²) in [5.41, 5.74) is 0. The van der Waals surface area contributed by atoms with E-state index < -0.39 is 0 Å². The number of pyridine rings is 1. The van der Waals surface area contributed by atoms with E-state index in [0.29, 0.717) is 6.54 Å². The van der Waals surface area contributed by atoms with Gasteiger partial charge in [-0.2, -0.15) is 0 Å². The quantitative estimate of drug-likeness (QED) is 0.926. The Bertz CT molecular complexity index is 452. The Kier molecular flexibility index (Phi) is 3.01. The van der Waals surface area contributed by atoms with Crippen molar-refractivity contribution < 1.29 is 0 Å². The van der Waals surface area contributed by atoms with Crippen LogP contribution in [-0.2, 0) is 13.6 Å². The highest BCUT2D eigenvalue weighted by atomic mass is 79.9. The second kappa shape index (κ2) is 4.44. The Morgan fingerprint density at radius 2 is 2.27 bits per heavy atom. The average molecular weight is 267 g/mol. The number of hydrogen-bond acceptors (Lipinski definition) is 3. The molecule has 0 spiro atoms. The van der Waals surface area contributed by atoms with Crippen LogP contribution in [0.4, 0.5) is 5.82 Å². The van der Waals surface area contributed by atoms with Crippen LogP contribution >= 0.6 is 15.9 Å². The molecule has 2 rings (SSSR count). The topological polar surface area (TPSA) is 42.7 Å². The molecule has 0 saturated heterocycles. The number of rotatable bonds is 3. The number of halogens is 1. The molecular weight excluding hydrogens is 256 g/mol. The maximum Gasteiger partial charge on any atom is 0.140 e. The first-order valence-electron chi connectivity index (χ1n) is 4.58. The van der Waals surface area contributed by atoms with Gasteiger partial charge in [0.1, 0.15) is 11.6 Å². The molecule has 0 aromatic carbocycles. The third kappa shape index (κ3) is 2.36. The zero-order valence-electron chi connectivity index (χ0n) is 8.31. The highest BCUT2D eigenvalue weighted by Crippen LogP contribution is 2.18. The molecule has 0 saturated carbocycles. The first-order valence-corrected chi connectivity index (χ1v) is 5.37. The molecule has 0 aliphatic heterocycles. The molecule has 0 unspecified atom stereocenters. The fourth-order valence-electron chi connectivity index (χ4n) is 1.25.